The van der Waals surface area contributed by atoms with E-state index in [1.54, 1.807) is 0 Å². The molecule has 0 spiro atoms. The first-order chi connectivity index (χ1) is 14.6. The number of carbonyl (C=O) groups is 1. The first-order valence-corrected chi connectivity index (χ1v) is 10.4. The van der Waals surface area contributed by atoms with Crippen LogP contribution >= 0.6 is 0 Å². The lowest BCUT2D eigenvalue weighted by Crippen LogP contribution is -2.15. The van der Waals surface area contributed by atoms with Gasteiger partial charge in [-0.15, -0.1) is 0 Å². The predicted octanol–water partition coefficient (Wildman–Crippen LogP) is 6.80. The van der Waals surface area contributed by atoms with E-state index in [9.17, 15) is 4.79 Å². The maximum absolute atomic E-state index is 13.5. The molecule has 0 unspecified atom stereocenters. The summed E-state index contributed by atoms with van der Waals surface area (Å²) in [7, 11) is 0. The number of aromatic amines is 1. The summed E-state index contributed by atoms with van der Waals surface area (Å²) in [4.78, 5) is 17.1. The Morgan fingerprint density at radius 1 is 0.800 bits per heavy atom. The number of H-pyrrole nitrogens is 1. The fraction of sp³-hybridized carbons (Fsp3) is 0.148. The number of nitrogens with one attached hydrogen (secondary N) is 2. The van der Waals surface area contributed by atoms with Crippen molar-refractivity contribution in [2.75, 3.05) is 5.32 Å². The Morgan fingerprint density at radius 2 is 1.33 bits per heavy atom. The number of aromatic nitrogens is 1. The number of benzene rings is 3. The summed E-state index contributed by atoms with van der Waals surface area (Å²) in [6.07, 6.45) is 0.796. The standard InChI is InChI=1S/C27H26N2O/c1-19(2)18-23-25(27(30)28-22-16-10-5-11-17-22)24(20-12-6-3-7-13-20)26(29-23)21-14-8-4-9-15-21/h3-17,19,29H,18H2,1-2H3,(H,28,30). The van der Waals surface area contributed by atoms with Crippen LogP contribution < -0.4 is 5.32 Å². The van der Waals surface area contributed by atoms with E-state index in [0.29, 0.717) is 5.92 Å². The van der Waals surface area contributed by atoms with Gasteiger partial charge in [-0.05, 0) is 35.6 Å². The zero-order chi connectivity index (χ0) is 20.9. The Labute approximate surface area is 177 Å². The van der Waals surface area contributed by atoms with Crippen molar-refractivity contribution in [1.29, 1.82) is 0 Å². The van der Waals surface area contributed by atoms with Crippen molar-refractivity contribution in [3.8, 4) is 22.4 Å². The van der Waals surface area contributed by atoms with Gasteiger partial charge in [0.1, 0.15) is 0 Å². The van der Waals surface area contributed by atoms with E-state index in [1.807, 2.05) is 66.7 Å². The topological polar surface area (TPSA) is 44.9 Å². The Hall–Kier alpha value is -3.59. The molecule has 0 saturated carbocycles. The third-order valence-electron chi connectivity index (χ3n) is 5.07. The predicted molar refractivity (Wildman–Crippen MR) is 125 cm³/mol. The Balaban J connectivity index is 1.91. The van der Waals surface area contributed by atoms with Gasteiger partial charge in [0, 0.05) is 16.9 Å². The molecule has 3 heteroatoms. The molecule has 1 aromatic heterocycles. The van der Waals surface area contributed by atoms with Crippen molar-refractivity contribution < 1.29 is 4.79 Å². The van der Waals surface area contributed by atoms with Crippen molar-refractivity contribution in [3.63, 3.8) is 0 Å². The summed E-state index contributed by atoms with van der Waals surface area (Å²) in [5, 5.41) is 3.09. The van der Waals surface area contributed by atoms with Crippen LogP contribution in [0.3, 0.4) is 0 Å². The lowest BCUT2D eigenvalue weighted by Gasteiger charge is -2.11. The molecule has 4 rings (SSSR count). The first kappa shape index (κ1) is 19.7. The van der Waals surface area contributed by atoms with Crippen molar-refractivity contribution in [2.45, 2.75) is 20.3 Å². The lowest BCUT2D eigenvalue weighted by atomic mass is 9.94. The second kappa shape index (κ2) is 8.83. The number of amides is 1. The van der Waals surface area contributed by atoms with Crippen molar-refractivity contribution in [3.05, 3.63) is 102 Å². The van der Waals surface area contributed by atoms with Crippen molar-refractivity contribution in [2.24, 2.45) is 5.92 Å². The van der Waals surface area contributed by atoms with Crippen LogP contribution in [0.15, 0.2) is 91.0 Å². The quantitative estimate of drug-likeness (QED) is 0.371. The summed E-state index contributed by atoms with van der Waals surface area (Å²) in [6, 6.07) is 30.0. The van der Waals surface area contributed by atoms with Gasteiger partial charge in [0.15, 0.2) is 0 Å². The average Bonchev–Trinajstić information content (AvgIpc) is 3.14. The first-order valence-electron chi connectivity index (χ1n) is 10.4. The zero-order valence-corrected chi connectivity index (χ0v) is 17.4. The molecule has 3 nitrogen and oxygen atoms in total. The summed E-state index contributed by atoms with van der Waals surface area (Å²) < 4.78 is 0. The third kappa shape index (κ3) is 4.20. The maximum Gasteiger partial charge on any atom is 0.258 e. The van der Waals surface area contributed by atoms with Crippen LogP contribution in [0.25, 0.3) is 22.4 Å². The molecule has 0 aliphatic rings. The van der Waals surface area contributed by atoms with Gasteiger partial charge in [0.25, 0.3) is 5.91 Å². The highest BCUT2D eigenvalue weighted by molar-refractivity contribution is 6.12. The van der Waals surface area contributed by atoms with E-state index in [1.165, 1.54) is 0 Å². The second-order valence-corrected chi connectivity index (χ2v) is 7.88. The van der Waals surface area contributed by atoms with Gasteiger partial charge in [-0.3, -0.25) is 4.79 Å². The molecule has 0 saturated heterocycles. The fourth-order valence-electron chi connectivity index (χ4n) is 3.79. The number of rotatable bonds is 6. The largest absolute Gasteiger partial charge is 0.357 e. The number of carbonyl (C=O) groups excluding carboxylic acids is 1. The number of anilines is 1. The molecule has 1 heterocycles. The molecule has 0 radical (unpaired) electrons. The maximum atomic E-state index is 13.5. The van der Waals surface area contributed by atoms with Crippen molar-refractivity contribution >= 4 is 11.6 Å². The van der Waals surface area contributed by atoms with Crippen LogP contribution in [0.2, 0.25) is 0 Å². The Bertz CT molecular complexity index is 1110. The van der Waals surface area contributed by atoms with E-state index in [-0.39, 0.29) is 5.91 Å². The lowest BCUT2D eigenvalue weighted by molar-refractivity contribution is 0.102. The fourth-order valence-corrected chi connectivity index (χ4v) is 3.79. The SMILES string of the molecule is CC(C)Cc1[nH]c(-c2ccccc2)c(-c2ccccc2)c1C(=O)Nc1ccccc1. The van der Waals surface area contributed by atoms with E-state index in [0.717, 1.165) is 45.7 Å². The summed E-state index contributed by atoms with van der Waals surface area (Å²) in [5.41, 5.74) is 6.51. The molecule has 3 aromatic carbocycles. The summed E-state index contributed by atoms with van der Waals surface area (Å²) in [5.74, 6) is 0.327. The highest BCUT2D eigenvalue weighted by Gasteiger charge is 2.25. The second-order valence-electron chi connectivity index (χ2n) is 7.88. The van der Waals surface area contributed by atoms with Gasteiger partial charge >= 0.3 is 0 Å². The number of hydrogen-bond acceptors (Lipinski definition) is 1. The minimum absolute atomic E-state index is 0.0888. The van der Waals surface area contributed by atoms with E-state index in [4.69, 9.17) is 0 Å². The summed E-state index contributed by atoms with van der Waals surface area (Å²) in [6.45, 7) is 4.34. The Morgan fingerprint density at radius 3 is 1.90 bits per heavy atom. The molecule has 0 aliphatic heterocycles. The smallest absolute Gasteiger partial charge is 0.258 e. The molecule has 2 N–H and O–H groups in total. The highest BCUT2D eigenvalue weighted by atomic mass is 16.1. The molecule has 1 amide bonds. The third-order valence-corrected chi connectivity index (χ3v) is 5.07. The molecular weight excluding hydrogens is 368 g/mol. The molecule has 0 atom stereocenters. The Kier molecular flexibility index (Phi) is 5.80. The minimum Gasteiger partial charge on any atom is -0.357 e. The number of hydrogen-bond donors (Lipinski definition) is 2. The normalized spacial score (nSPS) is 10.9. The molecule has 4 aromatic rings. The molecule has 0 bridgehead atoms. The summed E-state index contributed by atoms with van der Waals surface area (Å²) >= 11 is 0. The van der Waals surface area contributed by atoms with Crippen LogP contribution in [0.4, 0.5) is 5.69 Å². The van der Waals surface area contributed by atoms with E-state index in [2.05, 4.69) is 48.4 Å². The van der Waals surface area contributed by atoms with Gasteiger partial charge in [0.2, 0.25) is 0 Å². The molecule has 0 fully saturated rings. The minimum atomic E-state index is -0.0888. The van der Waals surface area contributed by atoms with Crippen LogP contribution in [0.1, 0.15) is 29.9 Å². The molecule has 30 heavy (non-hydrogen) atoms. The van der Waals surface area contributed by atoms with Crippen LogP contribution in [0, 0.1) is 5.92 Å². The molecule has 150 valence electrons. The van der Waals surface area contributed by atoms with Crippen LogP contribution in [-0.2, 0) is 6.42 Å². The highest BCUT2D eigenvalue weighted by Crippen LogP contribution is 2.38. The van der Waals surface area contributed by atoms with E-state index >= 15 is 0 Å². The van der Waals surface area contributed by atoms with Crippen molar-refractivity contribution in [1.82, 2.24) is 4.98 Å². The van der Waals surface area contributed by atoms with Gasteiger partial charge in [-0.25, -0.2) is 0 Å². The average molecular weight is 395 g/mol. The zero-order valence-electron chi connectivity index (χ0n) is 17.4. The molecular formula is C27H26N2O. The number of para-hydroxylation sites is 1. The van der Waals surface area contributed by atoms with Gasteiger partial charge in [-0.1, -0.05) is 92.7 Å². The molecule has 0 aliphatic carbocycles. The monoisotopic (exact) mass is 394 g/mol. The van der Waals surface area contributed by atoms with E-state index < -0.39 is 0 Å². The van der Waals surface area contributed by atoms with Gasteiger partial charge in [-0.2, -0.15) is 0 Å². The van der Waals surface area contributed by atoms with Gasteiger partial charge < -0.3 is 10.3 Å². The van der Waals surface area contributed by atoms with Gasteiger partial charge in [0.05, 0.1) is 11.3 Å². The van der Waals surface area contributed by atoms with Crippen LogP contribution in [-0.4, -0.2) is 10.9 Å². The van der Waals surface area contributed by atoms with Crippen LogP contribution in [0.5, 0.6) is 0 Å².